The van der Waals surface area contributed by atoms with Gasteiger partial charge in [0.25, 0.3) is 0 Å². The fraction of sp³-hybridized carbons (Fsp3) is 0.385. The zero-order valence-electron chi connectivity index (χ0n) is 20.1. The van der Waals surface area contributed by atoms with Crippen LogP contribution in [0.15, 0.2) is 48.9 Å². The normalized spacial score (nSPS) is 17.1. The summed E-state index contributed by atoms with van der Waals surface area (Å²) in [6, 6.07) is 12.9. The largest absolute Gasteiger partial charge is 0.363 e. The van der Waals surface area contributed by atoms with Gasteiger partial charge in [-0.15, -0.1) is 5.10 Å². The molecule has 9 heteroatoms. The summed E-state index contributed by atoms with van der Waals surface area (Å²) in [4.78, 5) is 9.42. The number of benzene rings is 1. The highest BCUT2D eigenvalue weighted by Gasteiger charge is 2.46. The highest BCUT2D eigenvalue weighted by atomic mass is 15.4. The lowest BCUT2D eigenvalue weighted by Crippen LogP contribution is -2.63. The third kappa shape index (κ3) is 3.80. The molecule has 178 valence electrons. The minimum absolute atomic E-state index is 0.312. The molecule has 0 atom stereocenters. The molecule has 1 N–H and O–H groups in total. The molecule has 0 amide bonds. The number of aromatic nitrogens is 5. The van der Waals surface area contributed by atoms with Crippen LogP contribution >= 0.6 is 0 Å². The van der Waals surface area contributed by atoms with Crippen molar-refractivity contribution >= 4 is 23.0 Å². The first-order valence-electron chi connectivity index (χ1n) is 12.2. The number of nitrogens with one attached hydrogen (secondary N) is 1. The van der Waals surface area contributed by atoms with Crippen LogP contribution in [-0.4, -0.2) is 56.0 Å². The van der Waals surface area contributed by atoms with E-state index in [1.165, 1.54) is 16.7 Å². The van der Waals surface area contributed by atoms with Crippen LogP contribution < -0.4 is 10.2 Å². The van der Waals surface area contributed by atoms with E-state index in [4.69, 9.17) is 4.98 Å². The van der Waals surface area contributed by atoms with Crippen LogP contribution in [0.2, 0.25) is 0 Å². The predicted octanol–water partition coefficient (Wildman–Crippen LogP) is 3.35. The number of fused-ring (bicyclic) bond motifs is 2. The summed E-state index contributed by atoms with van der Waals surface area (Å²) >= 11 is 0. The van der Waals surface area contributed by atoms with E-state index in [0.29, 0.717) is 25.5 Å². The van der Waals surface area contributed by atoms with Crippen molar-refractivity contribution < 1.29 is 0 Å². The molecule has 9 nitrogen and oxygen atoms in total. The standard InChI is InChI=1S/C26H29N9/c1-3-19-14-28-35(15-19)26(9-10-27)17-33(18-26)23-5-4-11-34-24(23)30-25(31-34)29-22-7-6-21-16-32(2)12-8-20(21)13-22/h4-7,11,13-15H,3,8-9,12,16-18H2,1-2H3,(H,29,31). The van der Waals surface area contributed by atoms with Crippen molar-refractivity contribution in [2.24, 2.45) is 0 Å². The second kappa shape index (κ2) is 8.40. The molecule has 3 aromatic heterocycles. The van der Waals surface area contributed by atoms with Crippen LogP contribution in [0.25, 0.3) is 5.65 Å². The maximum Gasteiger partial charge on any atom is 0.247 e. The Morgan fingerprint density at radius 2 is 2.09 bits per heavy atom. The summed E-state index contributed by atoms with van der Waals surface area (Å²) in [5, 5.41) is 22.1. The van der Waals surface area contributed by atoms with E-state index in [1.807, 2.05) is 27.7 Å². The van der Waals surface area contributed by atoms with Crippen molar-refractivity contribution in [1.82, 2.24) is 29.3 Å². The molecule has 2 aliphatic heterocycles. The van der Waals surface area contributed by atoms with Gasteiger partial charge in [0.1, 0.15) is 5.54 Å². The van der Waals surface area contributed by atoms with Gasteiger partial charge in [0.15, 0.2) is 5.65 Å². The van der Waals surface area contributed by atoms with E-state index in [1.54, 1.807) is 0 Å². The van der Waals surface area contributed by atoms with E-state index >= 15 is 0 Å². The van der Waals surface area contributed by atoms with Gasteiger partial charge >= 0.3 is 0 Å². The maximum absolute atomic E-state index is 9.50. The minimum Gasteiger partial charge on any atom is -0.363 e. The third-order valence-corrected chi connectivity index (χ3v) is 7.26. The van der Waals surface area contributed by atoms with Gasteiger partial charge in [-0.3, -0.25) is 4.68 Å². The number of pyridine rings is 1. The van der Waals surface area contributed by atoms with Gasteiger partial charge in [0.2, 0.25) is 5.95 Å². The molecule has 2 aliphatic rings. The van der Waals surface area contributed by atoms with Crippen molar-refractivity contribution in [3.63, 3.8) is 0 Å². The zero-order chi connectivity index (χ0) is 24.0. The third-order valence-electron chi connectivity index (χ3n) is 7.26. The maximum atomic E-state index is 9.50. The Hall–Kier alpha value is -3.90. The summed E-state index contributed by atoms with van der Waals surface area (Å²) in [6.07, 6.45) is 8.30. The predicted molar refractivity (Wildman–Crippen MR) is 135 cm³/mol. The Balaban J connectivity index is 1.24. The molecule has 0 aliphatic carbocycles. The fourth-order valence-corrected chi connectivity index (χ4v) is 5.21. The summed E-state index contributed by atoms with van der Waals surface area (Å²) in [5.41, 5.74) is 6.47. The fourth-order valence-electron chi connectivity index (χ4n) is 5.21. The highest BCUT2D eigenvalue weighted by molar-refractivity contribution is 5.72. The number of hydrogen-bond acceptors (Lipinski definition) is 7. The Morgan fingerprint density at radius 3 is 2.89 bits per heavy atom. The van der Waals surface area contributed by atoms with Crippen LogP contribution in [0.1, 0.15) is 30.0 Å². The van der Waals surface area contributed by atoms with E-state index in [9.17, 15) is 5.26 Å². The van der Waals surface area contributed by atoms with Crippen LogP contribution in [0, 0.1) is 11.3 Å². The van der Waals surface area contributed by atoms with E-state index in [2.05, 4.69) is 75.8 Å². The van der Waals surface area contributed by atoms with E-state index in [0.717, 1.165) is 43.0 Å². The number of nitriles is 1. The lowest BCUT2D eigenvalue weighted by Gasteiger charge is -2.50. The van der Waals surface area contributed by atoms with Crippen molar-refractivity contribution in [2.75, 3.05) is 36.9 Å². The summed E-state index contributed by atoms with van der Waals surface area (Å²) in [6.45, 7) is 5.60. The molecule has 1 saturated heterocycles. The molecule has 0 spiro atoms. The quantitative estimate of drug-likeness (QED) is 0.465. The van der Waals surface area contributed by atoms with Crippen LogP contribution in [0.4, 0.5) is 17.3 Å². The number of anilines is 3. The van der Waals surface area contributed by atoms with Crippen LogP contribution in [-0.2, 0) is 24.9 Å². The van der Waals surface area contributed by atoms with Gasteiger partial charge < -0.3 is 15.1 Å². The lowest BCUT2D eigenvalue weighted by molar-refractivity contribution is 0.198. The monoisotopic (exact) mass is 467 g/mol. The van der Waals surface area contributed by atoms with Crippen molar-refractivity contribution in [1.29, 1.82) is 5.26 Å². The Bertz CT molecular complexity index is 1420. The van der Waals surface area contributed by atoms with Crippen LogP contribution in [0.5, 0.6) is 0 Å². The van der Waals surface area contributed by atoms with Gasteiger partial charge in [-0.1, -0.05) is 13.0 Å². The highest BCUT2D eigenvalue weighted by Crippen LogP contribution is 2.37. The molecule has 35 heavy (non-hydrogen) atoms. The van der Waals surface area contributed by atoms with E-state index < -0.39 is 0 Å². The van der Waals surface area contributed by atoms with Gasteiger partial charge in [0.05, 0.1) is 24.4 Å². The van der Waals surface area contributed by atoms with Crippen molar-refractivity contribution in [3.05, 3.63) is 65.6 Å². The first-order chi connectivity index (χ1) is 17.1. The summed E-state index contributed by atoms with van der Waals surface area (Å²) < 4.78 is 3.80. The Labute approximate surface area is 204 Å². The molecular weight excluding hydrogens is 438 g/mol. The molecule has 0 unspecified atom stereocenters. The average Bonchev–Trinajstić information content (AvgIpc) is 3.48. The van der Waals surface area contributed by atoms with Crippen molar-refractivity contribution in [3.8, 4) is 6.07 Å². The Morgan fingerprint density at radius 1 is 1.20 bits per heavy atom. The second-order valence-corrected chi connectivity index (χ2v) is 9.76. The molecule has 5 heterocycles. The van der Waals surface area contributed by atoms with E-state index in [-0.39, 0.29) is 5.54 Å². The number of nitrogens with zero attached hydrogens (tertiary/aromatic N) is 8. The number of aryl methyl sites for hydroxylation is 1. The summed E-state index contributed by atoms with van der Waals surface area (Å²) in [5.74, 6) is 0.578. The molecule has 0 saturated carbocycles. The lowest BCUT2D eigenvalue weighted by atomic mass is 9.86. The molecule has 0 radical (unpaired) electrons. The van der Waals surface area contributed by atoms with Crippen molar-refractivity contribution in [2.45, 2.75) is 38.3 Å². The molecule has 1 fully saturated rings. The zero-order valence-corrected chi connectivity index (χ0v) is 20.1. The summed E-state index contributed by atoms with van der Waals surface area (Å²) in [7, 11) is 2.16. The topological polar surface area (TPSA) is 90.3 Å². The van der Waals surface area contributed by atoms with Gasteiger partial charge in [-0.05, 0) is 60.8 Å². The van der Waals surface area contributed by atoms with Gasteiger partial charge in [-0.25, -0.2) is 4.52 Å². The van der Waals surface area contributed by atoms with Gasteiger partial charge in [0, 0.05) is 44.3 Å². The Kier molecular flexibility index (Phi) is 5.19. The first-order valence-corrected chi connectivity index (χ1v) is 12.2. The number of rotatable bonds is 6. The number of likely N-dealkylation sites (N-methyl/N-ethyl adjacent to an activating group) is 1. The molecule has 4 aromatic rings. The molecule has 6 rings (SSSR count). The molecule has 0 bridgehead atoms. The number of hydrogen-bond donors (Lipinski definition) is 1. The average molecular weight is 468 g/mol. The van der Waals surface area contributed by atoms with Crippen LogP contribution in [0.3, 0.4) is 0 Å². The smallest absolute Gasteiger partial charge is 0.247 e. The second-order valence-electron chi connectivity index (χ2n) is 9.76. The molecule has 1 aromatic carbocycles. The van der Waals surface area contributed by atoms with Gasteiger partial charge in [-0.2, -0.15) is 15.3 Å². The SMILES string of the molecule is CCc1cnn(C2(CC#N)CN(c3cccn4nc(Nc5ccc6c(c5)CCN(C)C6)nc34)C2)c1. The first kappa shape index (κ1) is 21.6. The minimum atomic E-state index is -0.312. The molecular formula is C26H29N9.